The van der Waals surface area contributed by atoms with Gasteiger partial charge in [0.15, 0.2) is 0 Å². The van der Waals surface area contributed by atoms with E-state index in [1.807, 2.05) is 42.5 Å². The number of rotatable bonds is 6. The number of carboxylic acid groups (broad SMARTS) is 1. The summed E-state index contributed by atoms with van der Waals surface area (Å²) in [5.41, 5.74) is 1.18. The average Bonchev–Trinajstić information content (AvgIpc) is 2.79. The number of hydrogen-bond acceptors (Lipinski definition) is 4. The Labute approximate surface area is 179 Å². The highest BCUT2D eigenvalue weighted by molar-refractivity contribution is 5.86. The molecule has 0 aliphatic heterocycles. The number of aromatic nitrogens is 2. The second-order valence-corrected chi connectivity index (χ2v) is 8.14. The molecule has 1 aliphatic carbocycles. The summed E-state index contributed by atoms with van der Waals surface area (Å²) in [5, 5.41) is 18.5. The molecular weight excluding hydrogens is 394 g/mol. The number of carboxylic acids is 1. The van der Waals surface area contributed by atoms with Crippen molar-refractivity contribution in [3.8, 4) is 11.3 Å². The molecule has 3 aromatic rings. The summed E-state index contributed by atoms with van der Waals surface area (Å²) >= 11 is 0. The van der Waals surface area contributed by atoms with Crippen LogP contribution in [-0.2, 0) is 16.1 Å². The Kier molecular flexibility index (Phi) is 6.11. The summed E-state index contributed by atoms with van der Waals surface area (Å²) < 4.78 is 1.18. The summed E-state index contributed by atoms with van der Waals surface area (Å²) in [6.07, 6.45) is 2.86. The maximum atomic E-state index is 12.4. The zero-order valence-electron chi connectivity index (χ0n) is 17.2. The van der Waals surface area contributed by atoms with Crippen molar-refractivity contribution in [2.45, 2.75) is 32.2 Å². The molecule has 0 spiro atoms. The van der Waals surface area contributed by atoms with E-state index in [0.717, 1.165) is 29.2 Å². The number of carbonyl (C=O) groups excluding carboxylic acids is 1. The third-order valence-electron chi connectivity index (χ3n) is 5.99. The van der Waals surface area contributed by atoms with Crippen LogP contribution in [0, 0.1) is 11.8 Å². The lowest BCUT2D eigenvalue weighted by Gasteiger charge is -2.26. The quantitative estimate of drug-likeness (QED) is 0.639. The molecule has 1 heterocycles. The van der Waals surface area contributed by atoms with Crippen molar-refractivity contribution < 1.29 is 14.7 Å². The maximum Gasteiger partial charge on any atom is 0.306 e. The molecule has 0 bridgehead atoms. The number of hydrogen-bond donors (Lipinski definition) is 2. The van der Waals surface area contributed by atoms with Gasteiger partial charge in [-0.15, -0.1) is 0 Å². The van der Waals surface area contributed by atoms with E-state index in [9.17, 15) is 14.4 Å². The highest BCUT2D eigenvalue weighted by Crippen LogP contribution is 2.28. The lowest BCUT2D eigenvalue weighted by molar-refractivity contribution is -0.143. The fourth-order valence-corrected chi connectivity index (χ4v) is 4.13. The van der Waals surface area contributed by atoms with Crippen molar-refractivity contribution in [2.75, 3.05) is 6.54 Å². The normalized spacial score (nSPS) is 18.6. The molecule has 4 rings (SSSR count). The van der Waals surface area contributed by atoms with E-state index in [1.54, 1.807) is 6.07 Å². The summed E-state index contributed by atoms with van der Waals surface area (Å²) in [4.78, 5) is 35.7. The monoisotopic (exact) mass is 419 g/mol. The Balaban J connectivity index is 1.40. The fourth-order valence-electron chi connectivity index (χ4n) is 4.13. The number of fused-ring (bicyclic) bond motifs is 1. The van der Waals surface area contributed by atoms with Crippen LogP contribution in [-0.4, -0.2) is 33.3 Å². The standard InChI is InChI=1S/C24H25N3O4/c28-22(25-14-16-5-7-18(8-6-16)24(30)31)15-27-23(29)12-11-21(26-27)20-10-9-17-3-1-2-4-19(17)13-20/h1-4,9-13,16,18H,5-8,14-15H2,(H,25,28)(H,30,31). The molecule has 1 aliphatic rings. The zero-order valence-corrected chi connectivity index (χ0v) is 17.2. The molecular formula is C24H25N3O4. The van der Waals surface area contributed by atoms with E-state index in [2.05, 4.69) is 10.4 Å². The van der Waals surface area contributed by atoms with Crippen molar-refractivity contribution in [3.05, 3.63) is 65.0 Å². The van der Waals surface area contributed by atoms with Crippen LogP contribution in [0.4, 0.5) is 0 Å². The predicted molar refractivity (Wildman–Crippen MR) is 118 cm³/mol. The van der Waals surface area contributed by atoms with Crippen molar-refractivity contribution in [1.29, 1.82) is 0 Å². The van der Waals surface area contributed by atoms with Gasteiger partial charge in [0.25, 0.3) is 5.56 Å². The van der Waals surface area contributed by atoms with Crippen LogP contribution in [0.5, 0.6) is 0 Å². The summed E-state index contributed by atoms with van der Waals surface area (Å²) in [5.74, 6) is -1.01. The van der Waals surface area contributed by atoms with E-state index in [0.29, 0.717) is 25.1 Å². The number of amides is 1. The summed E-state index contributed by atoms with van der Waals surface area (Å²) in [7, 11) is 0. The van der Waals surface area contributed by atoms with Gasteiger partial charge in [-0.1, -0.05) is 36.4 Å². The van der Waals surface area contributed by atoms with Crippen LogP contribution in [0.1, 0.15) is 25.7 Å². The second kappa shape index (κ2) is 9.12. The minimum absolute atomic E-state index is 0.148. The molecule has 31 heavy (non-hydrogen) atoms. The van der Waals surface area contributed by atoms with Crippen LogP contribution in [0.15, 0.2) is 59.4 Å². The predicted octanol–water partition coefficient (Wildman–Crippen LogP) is 3.07. The Hall–Kier alpha value is -3.48. The molecule has 1 fully saturated rings. The largest absolute Gasteiger partial charge is 0.481 e. The Morgan fingerprint density at radius 2 is 1.74 bits per heavy atom. The first-order valence-corrected chi connectivity index (χ1v) is 10.6. The van der Waals surface area contributed by atoms with Gasteiger partial charge in [0.1, 0.15) is 6.54 Å². The molecule has 0 radical (unpaired) electrons. The van der Waals surface area contributed by atoms with Crippen molar-refractivity contribution in [3.63, 3.8) is 0 Å². The fraction of sp³-hybridized carbons (Fsp3) is 0.333. The van der Waals surface area contributed by atoms with E-state index in [1.165, 1.54) is 10.7 Å². The number of aliphatic carboxylic acids is 1. The van der Waals surface area contributed by atoms with Crippen LogP contribution in [0.3, 0.4) is 0 Å². The first-order valence-electron chi connectivity index (χ1n) is 10.6. The molecule has 0 atom stereocenters. The van der Waals surface area contributed by atoms with Gasteiger partial charge in [-0.25, -0.2) is 4.68 Å². The smallest absolute Gasteiger partial charge is 0.306 e. The second-order valence-electron chi connectivity index (χ2n) is 8.14. The SMILES string of the molecule is O=C(Cn1nc(-c2ccc3ccccc3c2)ccc1=O)NCC1CCC(C(=O)O)CC1. The minimum Gasteiger partial charge on any atom is -0.481 e. The van der Waals surface area contributed by atoms with Crippen molar-refractivity contribution in [1.82, 2.24) is 15.1 Å². The molecule has 160 valence electrons. The Bertz CT molecular complexity index is 1160. The van der Waals surface area contributed by atoms with E-state index >= 15 is 0 Å². The molecule has 2 N–H and O–H groups in total. The van der Waals surface area contributed by atoms with E-state index < -0.39 is 5.97 Å². The number of carbonyl (C=O) groups is 2. The number of nitrogens with zero attached hydrogens (tertiary/aromatic N) is 2. The molecule has 1 saturated carbocycles. The van der Waals surface area contributed by atoms with Gasteiger partial charge in [-0.05, 0) is 54.5 Å². The lowest BCUT2D eigenvalue weighted by atomic mass is 9.82. The topological polar surface area (TPSA) is 101 Å². The Morgan fingerprint density at radius 1 is 1.00 bits per heavy atom. The maximum absolute atomic E-state index is 12.4. The summed E-state index contributed by atoms with van der Waals surface area (Å²) in [6, 6.07) is 17.1. The highest BCUT2D eigenvalue weighted by atomic mass is 16.4. The van der Waals surface area contributed by atoms with Gasteiger partial charge < -0.3 is 10.4 Å². The average molecular weight is 419 g/mol. The van der Waals surface area contributed by atoms with Crippen LogP contribution in [0.2, 0.25) is 0 Å². The molecule has 0 saturated heterocycles. The van der Waals surface area contributed by atoms with Gasteiger partial charge in [-0.2, -0.15) is 5.10 Å². The molecule has 1 amide bonds. The van der Waals surface area contributed by atoms with Gasteiger partial charge in [0.2, 0.25) is 5.91 Å². The first kappa shape index (κ1) is 20.8. The molecule has 0 unspecified atom stereocenters. The van der Waals surface area contributed by atoms with E-state index in [-0.39, 0.29) is 29.8 Å². The number of benzene rings is 2. The van der Waals surface area contributed by atoms with Gasteiger partial charge in [0, 0.05) is 18.2 Å². The number of nitrogens with one attached hydrogen (secondary N) is 1. The Morgan fingerprint density at radius 3 is 2.48 bits per heavy atom. The van der Waals surface area contributed by atoms with E-state index in [4.69, 9.17) is 5.11 Å². The van der Waals surface area contributed by atoms with Crippen molar-refractivity contribution in [2.24, 2.45) is 11.8 Å². The third-order valence-corrected chi connectivity index (χ3v) is 5.99. The lowest BCUT2D eigenvalue weighted by Crippen LogP contribution is -2.37. The van der Waals surface area contributed by atoms with Gasteiger partial charge in [-0.3, -0.25) is 14.4 Å². The third kappa shape index (κ3) is 4.99. The van der Waals surface area contributed by atoms with Crippen LogP contribution >= 0.6 is 0 Å². The van der Waals surface area contributed by atoms with Crippen molar-refractivity contribution >= 4 is 22.6 Å². The van der Waals surface area contributed by atoms with Gasteiger partial charge in [0.05, 0.1) is 11.6 Å². The molecule has 7 nitrogen and oxygen atoms in total. The molecule has 2 aromatic carbocycles. The van der Waals surface area contributed by atoms with Crippen LogP contribution in [0.25, 0.3) is 22.0 Å². The van der Waals surface area contributed by atoms with Gasteiger partial charge >= 0.3 is 5.97 Å². The minimum atomic E-state index is -0.737. The molecule has 1 aromatic heterocycles. The van der Waals surface area contributed by atoms with Crippen LogP contribution < -0.4 is 10.9 Å². The molecule has 7 heteroatoms. The summed E-state index contributed by atoms with van der Waals surface area (Å²) in [6.45, 7) is 0.342. The first-order chi connectivity index (χ1) is 15.0. The zero-order chi connectivity index (χ0) is 21.8. The highest BCUT2D eigenvalue weighted by Gasteiger charge is 2.26.